The Bertz CT molecular complexity index is 1910. The summed E-state index contributed by atoms with van der Waals surface area (Å²) < 4.78 is 6.48. The van der Waals surface area contributed by atoms with Gasteiger partial charge in [-0.05, 0) is 79.7 Å². The second-order valence-electron chi connectivity index (χ2n) is 10.9. The molecule has 0 amide bonds. The highest BCUT2D eigenvalue weighted by Crippen LogP contribution is 2.52. The van der Waals surface area contributed by atoms with Gasteiger partial charge >= 0.3 is 0 Å². The third-order valence-corrected chi connectivity index (χ3v) is 8.49. The zero-order chi connectivity index (χ0) is 25.4. The van der Waals surface area contributed by atoms with Gasteiger partial charge in [-0.3, -0.25) is 0 Å². The van der Waals surface area contributed by atoms with E-state index < -0.39 is 0 Å². The summed E-state index contributed by atoms with van der Waals surface area (Å²) in [5, 5.41) is 2.41. The molecule has 0 N–H and O–H groups in total. The summed E-state index contributed by atoms with van der Waals surface area (Å²) >= 11 is 0. The second kappa shape index (κ2) is 7.69. The predicted octanol–water partition coefficient (Wildman–Crippen LogP) is 10.3. The topological polar surface area (TPSA) is 9.23 Å². The van der Waals surface area contributed by atoms with Crippen molar-refractivity contribution in [1.29, 1.82) is 0 Å². The van der Waals surface area contributed by atoms with Gasteiger partial charge in [-0.15, -0.1) is 0 Å². The third kappa shape index (κ3) is 2.93. The summed E-state index contributed by atoms with van der Waals surface area (Å²) in [5.74, 6) is 1.84. The van der Waals surface area contributed by atoms with Crippen molar-refractivity contribution in [2.24, 2.45) is 0 Å². The number of rotatable bonds is 2. The summed E-state index contributed by atoms with van der Waals surface area (Å²) in [6.45, 7) is 4.68. The van der Waals surface area contributed by atoms with Gasteiger partial charge in [0.25, 0.3) is 0 Å². The quantitative estimate of drug-likeness (QED) is 0.236. The Balaban J connectivity index is 1.31. The molecule has 38 heavy (non-hydrogen) atoms. The van der Waals surface area contributed by atoms with Crippen molar-refractivity contribution in [2.45, 2.75) is 19.3 Å². The molecule has 1 nitrogen and oxygen atoms in total. The van der Waals surface area contributed by atoms with Crippen LogP contribution in [0.2, 0.25) is 0 Å². The first-order chi connectivity index (χ1) is 18.6. The van der Waals surface area contributed by atoms with Crippen molar-refractivity contribution in [3.05, 3.63) is 132 Å². The average molecular weight is 487 g/mol. The average Bonchev–Trinajstić information content (AvgIpc) is 3.20. The fraction of sp³-hybridized carbons (Fsp3) is 0.0811. The van der Waals surface area contributed by atoms with Crippen LogP contribution in [-0.2, 0) is 5.41 Å². The molecule has 1 aliphatic carbocycles. The molecule has 0 fully saturated rings. The largest absolute Gasteiger partial charge is 0.456 e. The minimum Gasteiger partial charge on any atom is -0.456 e. The maximum Gasteiger partial charge on any atom is 0.135 e. The van der Waals surface area contributed by atoms with Crippen LogP contribution in [0, 0.1) is 0 Å². The molecule has 8 rings (SSSR count). The minimum absolute atomic E-state index is 0.0236. The highest BCUT2D eigenvalue weighted by atomic mass is 16.5. The van der Waals surface area contributed by atoms with Gasteiger partial charge in [-0.2, -0.15) is 0 Å². The highest BCUT2D eigenvalue weighted by Gasteiger charge is 2.35. The van der Waals surface area contributed by atoms with E-state index in [1.807, 2.05) is 0 Å². The van der Waals surface area contributed by atoms with E-state index in [0.717, 1.165) is 17.1 Å². The highest BCUT2D eigenvalue weighted by molar-refractivity contribution is 6.10. The summed E-state index contributed by atoms with van der Waals surface area (Å²) in [7, 11) is 0. The molecule has 0 radical (unpaired) electrons. The zero-order valence-corrected chi connectivity index (χ0v) is 21.5. The molecule has 2 aliphatic rings. The summed E-state index contributed by atoms with van der Waals surface area (Å²) in [5.41, 5.74) is 12.8. The van der Waals surface area contributed by atoms with Crippen LogP contribution in [-0.4, -0.2) is 0 Å². The van der Waals surface area contributed by atoms with E-state index in [1.165, 1.54) is 60.8 Å². The fourth-order valence-electron chi connectivity index (χ4n) is 6.57. The Hall–Kier alpha value is -4.62. The van der Waals surface area contributed by atoms with E-state index in [1.54, 1.807) is 0 Å². The Morgan fingerprint density at radius 2 is 1.16 bits per heavy atom. The fourth-order valence-corrected chi connectivity index (χ4v) is 6.57. The molecule has 180 valence electrons. The number of fused-ring (bicyclic) bond motifs is 5. The normalized spacial score (nSPS) is 13.9. The maximum atomic E-state index is 6.48. The van der Waals surface area contributed by atoms with Crippen molar-refractivity contribution >= 4 is 10.8 Å². The van der Waals surface area contributed by atoms with Crippen LogP contribution in [0.25, 0.3) is 55.3 Å². The maximum absolute atomic E-state index is 6.48. The van der Waals surface area contributed by atoms with Gasteiger partial charge in [0.2, 0.25) is 0 Å². The SMILES string of the molecule is CC1(C)c2ccccc2-c2ccc(-c3ccc4c5c(cccc35)-c3cc(-c5ccccc5)ccc3O4)cc21. The van der Waals surface area contributed by atoms with E-state index in [-0.39, 0.29) is 5.41 Å². The van der Waals surface area contributed by atoms with Crippen LogP contribution < -0.4 is 4.74 Å². The van der Waals surface area contributed by atoms with Gasteiger partial charge < -0.3 is 4.74 Å². The van der Waals surface area contributed by atoms with E-state index in [2.05, 4.69) is 135 Å². The zero-order valence-electron chi connectivity index (χ0n) is 21.5. The van der Waals surface area contributed by atoms with Gasteiger partial charge in [-0.1, -0.05) is 111 Å². The second-order valence-corrected chi connectivity index (χ2v) is 10.9. The van der Waals surface area contributed by atoms with Crippen LogP contribution in [0.5, 0.6) is 11.5 Å². The van der Waals surface area contributed by atoms with Gasteiger partial charge in [0.05, 0.1) is 0 Å². The van der Waals surface area contributed by atoms with Crippen LogP contribution in [0.1, 0.15) is 25.0 Å². The molecular formula is C37H26O. The lowest BCUT2D eigenvalue weighted by Crippen LogP contribution is -2.14. The molecule has 1 heteroatoms. The summed E-state index contributed by atoms with van der Waals surface area (Å²) in [4.78, 5) is 0. The number of ether oxygens (including phenoxy) is 1. The standard InChI is InChI=1S/C37H26O/c1-37(2)32-14-7-6-11-27(32)28-17-15-25(22-33(28)37)26-18-20-35-36-29(26)12-8-13-30(36)31-21-24(16-19-34(31)38-35)23-9-4-3-5-10-23/h3-22H,1-2H3. The van der Waals surface area contributed by atoms with Crippen LogP contribution in [0.4, 0.5) is 0 Å². The van der Waals surface area contributed by atoms with Crippen LogP contribution in [0.3, 0.4) is 0 Å². The van der Waals surface area contributed by atoms with Crippen LogP contribution in [0.15, 0.2) is 121 Å². The number of hydrogen-bond acceptors (Lipinski definition) is 1. The molecule has 0 bridgehead atoms. The minimum atomic E-state index is -0.0236. The molecule has 0 spiro atoms. The van der Waals surface area contributed by atoms with Crippen molar-refractivity contribution < 1.29 is 4.74 Å². The number of benzene rings is 6. The van der Waals surface area contributed by atoms with E-state index in [0.29, 0.717) is 0 Å². The molecule has 6 aromatic carbocycles. The van der Waals surface area contributed by atoms with Crippen molar-refractivity contribution in [3.63, 3.8) is 0 Å². The summed E-state index contributed by atoms with van der Waals surface area (Å²) in [6.07, 6.45) is 0. The Morgan fingerprint density at radius 1 is 0.447 bits per heavy atom. The van der Waals surface area contributed by atoms with E-state index >= 15 is 0 Å². The summed E-state index contributed by atoms with van der Waals surface area (Å²) in [6, 6.07) is 43.9. The van der Waals surface area contributed by atoms with Gasteiger partial charge in [-0.25, -0.2) is 0 Å². The van der Waals surface area contributed by atoms with Gasteiger partial charge in [0, 0.05) is 16.4 Å². The van der Waals surface area contributed by atoms with Crippen molar-refractivity contribution in [2.75, 3.05) is 0 Å². The molecule has 1 aliphatic heterocycles. The molecule has 0 atom stereocenters. The monoisotopic (exact) mass is 486 g/mol. The first-order valence-corrected chi connectivity index (χ1v) is 13.3. The third-order valence-electron chi connectivity index (χ3n) is 8.49. The molecule has 0 unspecified atom stereocenters. The van der Waals surface area contributed by atoms with Crippen molar-refractivity contribution in [3.8, 4) is 56.0 Å². The van der Waals surface area contributed by atoms with E-state index in [9.17, 15) is 0 Å². The predicted molar refractivity (Wildman–Crippen MR) is 158 cm³/mol. The molecule has 0 saturated carbocycles. The molecule has 0 saturated heterocycles. The Kier molecular flexibility index (Phi) is 4.35. The lowest BCUT2D eigenvalue weighted by Gasteiger charge is -2.24. The van der Waals surface area contributed by atoms with Crippen LogP contribution >= 0.6 is 0 Å². The molecule has 6 aromatic rings. The Morgan fingerprint density at radius 3 is 2.05 bits per heavy atom. The van der Waals surface area contributed by atoms with Crippen molar-refractivity contribution in [1.82, 2.24) is 0 Å². The first-order valence-electron chi connectivity index (χ1n) is 13.3. The van der Waals surface area contributed by atoms with Gasteiger partial charge in [0.1, 0.15) is 11.5 Å². The smallest absolute Gasteiger partial charge is 0.135 e. The lowest BCUT2D eigenvalue weighted by molar-refractivity contribution is 0.487. The van der Waals surface area contributed by atoms with Gasteiger partial charge in [0.15, 0.2) is 0 Å². The Labute approximate surface area is 223 Å². The molecule has 0 aromatic heterocycles. The molecular weight excluding hydrogens is 460 g/mol. The molecule has 1 heterocycles. The van der Waals surface area contributed by atoms with E-state index in [4.69, 9.17) is 4.74 Å². The lowest BCUT2D eigenvalue weighted by atomic mass is 9.81. The first kappa shape index (κ1) is 21.5. The number of hydrogen-bond donors (Lipinski definition) is 0.